The van der Waals surface area contributed by atoms with Gasteiger partial charge in [0.15, 0.2) is 15.8 Å². The summed E-state index contributed by atoms with van der Waals surface area (Å²) in [6.45, 7) is 14.8. The lowest BCUT2D eigenvalue weighted by Crippen LogP contribution is -2.52. The molecule has 5 nitrogen and oxygen atoms in total. The molecular weight excluding hydrogens is 322 g/mol. The zero-order valence-corrected chi connectivity index (χ0v) is 16.8. The lowest BCUT2D eigenvalue weighted by molar-refractivity contribution is 0.129. The molecule has 2 rings (SSSR count). The van der Waals surface area contributed by atoms with Gasteiger partial charge in [-0.15, -0.1) is 0 Å². The van der Waals surface area contributed by atoms with E-state index in [1.165, 1.54) is 6.42 Å². The van der Waals surface area contributed by atoms with Crippen LogP contribution < -0.4 is 5.32 Å². The third-order valence-electron chi connectivity index (χ3n) is 4.83. The van der Waals surface area contributed by atoms with Crippen LogP contribution in [0, 0.1) is 23.2 Å². The van der Waals surface area contributed by atoms with Crippen molar-refractivity contribution in [1.29, 1.82) is 0 Å². The summed E-state index contributed by atoms with van der Waals surface area (Å²) < 4.78 is 23.3. The third kappa shape index (κ3) is 5.94. The highest BCUT2D eigenvalue weighted by atomic mass is 32.2. The Morgan fingerprint density at radius 2 is 2.08 bits per heavy atom. The molecular formula is C18H35N3O2S. The van der Waals surface area contributed by atoms with Gasteiger partial charge in [-0.1, -0.05) is 34.6 Å². The van der Waals surface area contributed by atoms with Crippen molar-refractivity contribution in [1.82, 2.24) is 10.2 Å². The molecule has 1 N–H and O–H groups in total. The van der Waals surface area contributed by atoms with Crippen molar-refractivity contribution in [3.63, 3.8) is 0 Å². The first kappa shape index (κ1) is 19.5. The van der Waals surface area contributed by atoms with Gasteiger partial charge in [0.1, 0.15) is 0 Å². The van der Waals surface area contributed by atoms with Gasteiger partial charge in [0, 0.05) is 26.2 Å². The molecule has 0 amide bonds. The molecule has 0 aromatic carbocycles. The number of likely N-dealkylation sites (tertiary alicyclic amines) is 1. The highest BCUT2D eigenvalue weighted by Crippen LogP contribution is 2.32. The fourth-order valence-electron chi connectivity index (χ4n) is 4.00. The van der Waals surface area contributed by atoms with Crippen LogP contribution in [0.25, 0.3) is 0 Å². The molecule has 0 aliphatic carbocycles. The summed E-state index contributed by atoms with van der Waals surface area (Å²) in [5.41, 5.74) is 0.286. The summed E-state index contributed by atoms with van der Waals surface area (Å²) in [6, 6.07) is 0. The molecule has 2 aliphatic rings. The van der Waals surface area contributed by atoms with Gasteiger partial charge in [0.25, 0.3) is 0 Å². The monoisotopic (exact) mass is 357 g/mol. The summed E-state index contributed by atoms with van der Waals surface area (Å²) >= 11 is 0. The fraction of sp³-hybridized carbons (Fsp3) is 0.944. The highest BCUT2D eigenvalue weighted by Gasteiger charge is 2.33. The molecule has 2 atom stereocenters. The minimum atomic E-state index is -2.81. The normalized spacial score (nSPS) is 29.9. The van der Waals surface area contributed by atoms with Crippen LogP contribution in [0.2, 0.25) is 0 Å². The van der Waals surface area contributed by atoms with Gasteiger partial charge in [-0.3, -0.25) is 4.99 Å². The van der Waals surface area contributed by atoms with Crippen LogP contribution >= 0.6 is 0 Å². The standard InChI is InChI=1S/C18H35N3O2S/c1-14(2)9-19-17(20-10-16-6-7-24(22,23)12-16)21-11-15(3)8-18(4,5)13-21/h14-16H,6-13H2,1-5H3,(H,19,20). The molecule has 6 heteroatoms. The molecule has 0 saturated carbocycles. The molecule has 2 unspecified atom stereocenters. The molecule has 24 heavy (non-hydrogen) atoms. The number of hydrogen-bond donors (Lipinski definition) is 1. The first-order chi connectivity index (χ1) is 11.1. The van der Waals surface area contributed by atoms with Crippen molar-refractivity contribution in [3.05, 3.63) is 0 Å². The lowest BCUT2D eigenvalue weighted by atomic mass is 9.79. The number of sulfone groups is 1. The number of piperidine rings is 1. The van der Waals surface area contributed by atoms with E-state index >= 15 is 0 Å². The Morgan fingerprint density at radius 3 is 2.62 bits per heavy atom. The Bertz CT molecular complexity index is 555. The molecule has 0 spiro atoms. The molecule has 0 radical (unpaired) electrons. The first-order valence-corrected chi connectivity index (χ1v) is 11.1. The second kappa shape index (κ2) is 7.63. The number of rotatable bonds is 4. The van der Waals surface area contributed by atoms with E-state index < -0.39 is 9.84 Å². The molecule has 2 fully saturated rings. The van der Waals surface area contributed by atoms with E-state index in [9.17, 15) is 8.42 Å². The van der Waals surface area contributed by atoms with Crippen LogP contribution in [0.4, 0.5) is 0 Å². The Morgan fingerprint density at radius 1 is 1.38 bits per heavy atom. The molecule has 2 aliphatic heterocycles. The average Bonchev–Trinajstić information content (AvgIpc) is 2.75. The van der Waals surface area contributed by atoms with Gasteiger partial charge in [-0.25, -0.2) is 8.42 Å². The van der Waals surface area contributed by atoms with E-state index in [2.05, 4.69) is 44.8 Å². The topological polar surface area (TPSA) is 61.8 Å². The number of nitrogens with zero attached hydrogens (tertiary/aromatic N) is 2. The molecule has 0 aromatic rings. The van der Waals surface area contributed by atoms with Crippen molar-refractivity contribution < 1.29 is 8.42 Å². The highest BCUT2D eigenvalue weighted by molar-refractivity contribution is 7.91. The summed E-state index contributed by atoms with van der Waals surface area (Å²) in [7, 11) is -2.81. The predicted octanol–water partition coefficient (Wildman–Crippen LogP) is 2.39. The molecule has 2 heterocycles. The van der Waals surface area contributed by atoms with E-state index in [4.69, 9.17) is 4.99 Å². The van der Waals surface area contributed by atoms with E-state index in [0.29, 0.717) is 29.9 Å². The van der Waals surface area contributed by atoms with Crippen molar-refractivity contribution in [2.24, 2.45) is 28.2 Å². The second-order valence-corrected chi connectivity index (χ2v) is 11.3. The maximum atomic E-state index is 11.7. The van der Waals surface area contributed by atoms with Crippen molar-refractivity contribution in [2.45, 2.75) is 47.5 Å². The quantitative estimate of drug-likeness (QED) is 0.620. The van der Waals surface area contributed by atoms with Crippen LogP contribution in [-0.4, -0.2) is 57.0 Å². The van der Waals surface area contributed by atoms with Crippen LogP contribution in [0.1, 0.15) is 47.5 Å². The van der Waals surface area contributed by atoms with Crippen LogP contribution in [0.3, 0.4) is 0 Å². The zero-order valence-electron chi connectivity index (χ0n) is 16.0. The van der Waals surface area contributed by atoms with Crippen LogP contribution in [-0.2, 0) is 9.84 Å². The largest absolute Gasteiger partial charge is 0.356 e. The number of hydrogen-bond acceptors (Lipinski definition) is 3. The molecule has 2 saturated heterocycles. The lowest BCUT2D eigenvalue weighted by Gasteiger charge is -2.43. The maximum Gasteiger partial charge on any atom is 0.193 e. The van der Waals surface area contributed by atoms with Crippen LogP contribution in [0.5, 0.6) is 0 Å². The van der Waals surface area contributed by atoms with Gasteiger partial charge in [0.05, 0.1) is 11.5 Å². The zero-order chi connectivity index (χ0) is 18.0. The van der Waals surface area contributed by atoms with Crippen molar-refractivity contribution in [3.8, 4) is 0 Å². The van der Waals surface area contributed by atoms with Gasteiger partial charge < -0.3 is 10.2 Å². The number of nitrogens with one attached hydrogen (secondary N) is 1. The third-order valence-corrected chi connectivity index (χ3v) is 6.67. The van der Waals surface area contributed by atoms with E-state index in [-0.39, 0.29) is 11.3 Å². The minimum absolute atomic E-state index is 0.217. The van der Waals surface area contributed by atoms with Crippen LogP contribution in [0.15, 0.2) is 4.99 Å². The fourth-order valence-corrected chi connectivity index (χ4v) is 5.86. The van der Waals surface area contributed by atoms with Gasteiger partial charge >= 0.3 is 0 Å². The van der Waals surface area contributed by atoms with Gasteiger partial charge in [0.2, 0.25) is 0 Å². The molecule has 140 valence electrons. The Labute approximate surface area is 148 Å². The Balaban J connectivity index is 2.03. The number of aliphatic imine (C=N–C) groups is 1. The van der Waals surface area contributed by atoms with E-state index in [1.807, 2.05) is 0 Å². The van der Waals surface area contributed by atoms with Crippen molar-refractivity contribution >= 4 is 15.8 Å². The predicted molar refractivity (Wildman–Crippen MR) is 101 cm³/mol. The van der Waals surface area contributed by atoms with Gasteiger partial charge in [-0.05, 0) is 36.0 Å². The number of guanidine groups is 1. The Hall–Kier alpha value is -0.780. The molecule has 0 bridgehead atoms. The summed E-state index contributed by atoms with van der Waals surface area (Å²) in [6.07, 6.45) is 2.01. The van der Waals surface area contributed by atoms with Gasteiger partial charge in [-0.2, -0.15) is 0 Å². The van der Waals surface area contributed by atoms with E-state index in [1.54, 1.807) is 0 Å². The first-order valence-electron chi connectivity index (χ1n) is 9.30. The minimum Gasteiger partial charge on any atom is -0.356 e. The smallest absolute Gasteiger partial charge is 0.193 e. The Kier molecular flexibility index (Phi) is 6.21. The second-order valence-electron chi connectivity index (χ2n) is 9.06. The summed E-state index contributed by atoms with van der Waals surface area (Å²) in [5, 5.41) is 3.49. The summed E-state index contributed by atoms with van der Waals surface area (Å²) in [5.74, 6) is 3.00. The summed E-state index contributed by atoms with van der Waals surface area (Å²) in [4.78, 5) is 7.20. The van der Waals surface area contributed by atoms with E-state index in [0.717, 1.165) is 32.0 Å². The SMILES string of the molecule is CC(C)CN=C(NCC1CCS(=O)(=O)C1)N1CC(C)CC(C)(C)C1. The van der Waals surface area contributed by atoms with Crippen molar-refractivity contribution in [2.75, 3.05) is 37.7 Å². The molecule has 0 aromatic heterocycles. The maximum absolute atomic E-state index is 11.7. The average molecular weight is 358 g/mol.